The fourth-order valence-electron chi connectivity index (χ4n) is 5.75. The van der Waals surface area contributed by atoms with Gasteiger partial charge in [0.15, 0.2) is 0 Å². The van der Waals surface area contributed by atoms with Gasteiger partial charge in [-0.1, -0.05) is 0 Å². The van der Waals surface area contributed by atoms with Crippen molar-refractivity contribution < 1.29 is 26.7 Å². The number of nitrogens with zero attached hydrogens (tertiary/aromatic N) is 2. The van der Waals surface area contributed by atoms with E-state index in [4.69, 9.17) is 10.5 Å². The zero-order chi connectivity index (χ0) is 23.9. The second-order valence-corrected chi connectivity index (χ2v) is 9.59. The molecule has 0 spiro atoms. The fourth-order valence-corrected chi connectivity index (χ4v) is 5.75. The number of nitrogens with two attached hydrogens (primary N) is 1. The topological polar surface area (TPSA) is 93.3 Å². The van der Waals surface area contributed by atoms with Crippen LogP contribution in [0.25, 0.3) is 6.08 Å². The lowest BCUT2D eigenvalue weighted by molar-refractivity contribution is -0.116. The zero-order valence-electron chi connectivity index (χ0n) is 17.9. The van der Waals surface area contributed by atoms with Gasteiger partial charge in [0.25, 0.3) is 11.5 Å². The Morgan fingerprint density at radius 1 is 1.21 bits per heavy atom. The number of alkyl halides is 4. The van der Waals surface area contributed by atoms with Crippen molar-refractivity contribution in [2.75, 3.05) is 20.2 Å². The first kappa shape index (κ1) is 22.7. The molecule has 33 heavy (non-hydrogen) atoms. The Morgan fingerprint density at radius 3 is 2.55 bits per heavy atom. The predicted molar refractivity (Wildman–Crippen MR) is 108 cm³/mol. The van der Waals surface area contributed by atoms with Crippen LogP contribution in [-0.2, 0) is 10.8 Å². The number of fused-ring (bicyclic) bond motifs is 2. The molecule has 5 atom stereocenters. The summed E-state index contributed by atoms with van der Waals surface area (Å²) < 4.78 is 79.7. The number of aromatic nitrogens is 2. The molecule has 1 aliphatic heterocycles. The second-order valence-electron chi connectivity index (χ2n) is 9.59. The summed E-state index contributed by atoms with van der Waals surface area (Å²) in [5.74, 6) is -5.74. The Hall–Kier alpha value is -2.05. The molecule has 182 valence electrons. The van der Waals surface area contributed by atoms with Crippen molar-refractivity contribution in [2.45, 2.75) is 55.8 Å². The number of H-pyrrole nitrogens is 1. The van der Waals surface area contributed by atoms with Gasteiger partial charge >= 0.3 is 11.7 Å². The molecule has 12 heteroatoms. The number of rotatable bonds is 4. The van der Waals surface area contributed by atoms with Crippen LogP contribution in [0, 0.1) is 17.8 Å². The number of likely N-dealkylation sites (tertiary alicyclic amines) is 1. The first-order valence-corrected chi connectivity index (χ1v) is 11.0. The third-order valence-electron chi connectivity index (χ3n) is 7.64. The molecular formula is C21H25F5N4O3. The van der Waals surface area contributed by atoms with Gasteiger partial charge in [0, 0.05) is 32.5 Å². The van der Waals surface area contributed by atoms with E-state index >= 15 is 13.2 Å². The number of nitrogens with one attached hydrogen (secondary N) is 1. The molecule has 3 aliphatic carbocycles. The van der Waals surface area contributed by atoms with E-state index in [-0.39, 0.29) is 49.3 Å². The number of hydrogen-bond acceptors (Lipinski definition) is 5. The van der Waals surface area contributed by atoms with Crippen LogP contribution in [0.5, 0.6) is 0 Å². The summed E-state index contributed by atoms with van der Waals surface area (Å²) in [6.07, 6.45) is -0.324. The summed E-state index contributed by atoms with van der Waals surface area (Å²) in [5.41, 5.74) is 2.71. The largest absolute Gasteiger partial charge is 0.373 e. The molecule has 1 aromatic rings. The smallest absolute Gasteiger partial charge is 0.335 e. The molecule has 3 N–H and O–H groups in total. The van der Waals surface area contributed by atoms with E-state index in [9.17, 15) is 18.4 Å². The van der Waals surface area contributed by atoms with Gasteiger partial charge in [-0.25, -0.2) is 22.5 Å². The number of hydrogen-bond donors (Lipinski definition) is 2. The van der Waals surface area contributed by atoms with Crippen molar-refractivity contribution in [2.24, 2.45) is 23.5 Å². The average molecular weight is 476 g/mol. The predicted octanol–water partition coefficient (Wildman–Crippen LogP) is 2.18. The van der Waals surface area contributed by atoms with Crippen LogP contribution in [0.4, 0.5) is 22.0 Å². The van der Waals surface area contributed by atoms with Crippen LogP contribution in [0.15, 0.2) is 15.4 Å². The van der Waals surface area contributed by atoms with Crippen LogP contribution in [0.2, 0.25) is 0 Å². The lowest BCUT2D eigenvalue weighted by Gasteiger charge is -2.38. The highest BCUT2D eigenvalue weighted by Crippen LogP contribution is 2.50. The second kappa shape index (κ2) is 7.47. The first-order chi connectivity index (χ1) is 15.5. The molecule has 5 unspecified atom stereocenters. The van der Waals surface area contributed by atoms with E-state index in [1.165, 1.54) is 7.11 Å². The Labute approximate surface area is 185 Å². The highest BCUT2D eigenvalue weighted by Gasteiger charge is 2.56. The highest BCUT2D eigenvalue weighted by molar-refractivity contribution is 5.58. The molecule has 1 saturated heterocycles. The maximum atomic E-state index is 15.4. The third kappa shape index (κ3) is 3.40. The number of ether oxygens (including phenoxy) is 1. The van der Waals surface area contributed by atoms with Crippen molar-refractivity contribution in [1.82, 2.24) is 14.5 Å². The molecule has 0 aromatic carbocycles. The minimum atomic E-state index is -3.60. The van der Waals surface area contributed by atoms with Crippen molar-refractivity contribution in [3.63, 3.8) is 0 Å². The normalized spacial score (nSPS) is 34.0. The molecule has 7 nitrogen and oxygen atoms in total. The highest BCUT2D eigenvalue weighted by atomic mass is 19.3. The van der Waals surface area contributed by atoms with Crippen LogP contribution >= 0.6 is 0 Å². The molecule has 4 aliphatic rings. The zero-order valence-corrected chi connectivity index (χ0v) is 17.9. The Morgan fingerprint density at radius 2 is 1.91 bits per heavy atom. The van der Waals surface area contributed by atoms with Gasteiger partial charge in [-0.15, -0.1) is 0 Å². The van der Waals surface area contributed by atoms with E-state index < -0.39 is 70.3 Å². The summed E-state index contributed by atoms with van der Waals surface area (Å²) in [4.78, 5) is 28.3. The van der Waals surface area contributed by atoms with E-state index in [0.29, 0.717) is 0 Å². The van der Waals surface area contributed by atoms with Crippen LogP contribution in [0.3, 0.4) is 0 Å². The monoisotopic (exact) mass is 476 g/mol. The van der Waals surface area contributed by atoms with Gasteiger partial charge in [-0.05, 0) is 37.2 Å². The van der Waals surface area contributed by atoms with Crippen molar-refractivity contribution >= 4 is 6.08 Å². The summed E-state index contributed by atoms with van der Waals surface area (Å²) in [5, 5.41) is 0. The molecule has 5 rings (SSSR count). The molecule has 1 aromatic heterocycles. The molecule has 0 bridgehead atoms. The van der Waals surface area contributed by atoms with Crippen molar-refractivity contribution in [3.8, 4) is 0 Å². The van der Waals surface area contributed by atoms with Gasteiger partial charge in [-0.2, -0.15) is 8.78 Å². The van der Waals surface area contributed by atoms with E-state index in [1.54, 1.807) is 4.90 Å². The standard InChI is InChI=1S/C21H25F5N4O3/c1-33-16-14-11(18(31)28-19(32)30(14)21(25,26)10-2-3-10)6-13(22)15(16)29-7-9-4-5-20(23,24)17(27)12(9)8-29/h6,9-10,12,15-17H,2-5,7-8,27H2,1H3,(H,28,31,32). The Bertz CT molecular complexity index is 1110. The summed E-state index contributed by atoms with van der Waals surface area (Å²) in [7, 11) is 1.17. The molecule has 0 radical (unpaired) electrons. The summed E-state index contributed by atoms with van der Waals surface area (Å²) >= 11 is 0. The number of aromatic amines is 1. The SMILES string of the molecule is COC1c2c(c(=O)[nH]c(=O)n2C(F)(F)C2CC2)C=C(F)C1N1CC2CCC(F)(F)C(N)C2C1. The van der Waals surface area contributed by atoms with Crippen LogP contribution < -0.4 is 17.0 Å². The van der Waals surface area contributed by atoms with E-state index in [0.717, 1.165) is 6.08 Å². The molecule has 2 saturated carbocycles. The maximum absolute atomic E-state index is 15.4. The Kier molecular flexibility index (Phi) is 5.15. The van der Waals surface area contributed by atoms with Crippen LogP contribution in [-0.4, -0.2) is 52.7 Å². The van der Waals surface area contributed by atoms with Gasteiger partial charge in [0.05, 0.1) is 23.3 Å². The maximum Gasteiger partial charge on any atom is 0.335 e. The van der Waals surface area contributed by atoms with E-state index in [2.05, 4.69) is 0 Å². The third-order valence-corrected chi connectivity index (χ3v) is 7.64. The fraction of sp³-hybridized carbons (Fsp3) is 0.714. The van der Waals surface area contributed by atoms with Crippen LogP contribution in [0.1, 0.15) is 43.0 Å². The first-order valence-electron chi connectivity index (χ1n) is 11.0. The molecule has 0 amide bonds. The minimum Gasteiger partial charge on any atom is -0.373 e. The van der Waals surface area contributed by atoms with Gasteiger partial charge in [0.2, 0.25) is 0 Å². The quantitative estimate of drug-likeness (QED) is 0.650. The van der Waals surface area contributed by atoms with E-state index in [1.807, 2.05) is 4.98 Å². The number of methoxy groups -OCH3 is 1. The lowest BCUT2D eigenvalue weighted by atomic mass is 9.76. The molecular weight excluding hydrogens is 451 g/mol. The summed E-state index contributed by atoms with van der Waals surface area (Å²) in [6.45, 7) is 0.247. The number of halogens is 5. The molecule has 3 fully saturated rings. The Balaban J connectivity index is 1.58. The van der Waals surface area contributed by atoms with Crippen molar-refractivity contribution in [1.29, 1.82) is 0 Å². The lowest BCUT2D eigenvalue weighted by Crippen LogP contribution is -2.52. The minimum absolute atomic E-state index is 0.0228. The van der Waals surface area contributed by atoms with Gasteiger partial charge in [-0.3, -0.25) is 14.7 Å². The van der Waals surface area contributed by atoms with Gasteiger partial charge in [0.1, 0.15) is 11.9 Å². The molecule has 2 heterocycles. The van der Waals surface area contributed by atoms with Gasteiger partial charge < -0.3 is 10.5 Å². The van der Waals surface area contributed by atoms with Crippen molar-refractivity contribution in [3.05, 3.63) is 37.9 Å². The summed E-state index contributed by atoms with van der Waals surface area (Å²) in [6, 6.07) is -6.25. The average Bonchev–Trinajstić information content (AvgIpc) is 3.51.